The molecule has 0 unspecified atom stereocenters. The van der Waals surface area contributed by atoms with Gasteiger partial charge in [-0.2, -0.15) is 0 Å². The molecule has 0 aromatic heterocycles. The number of hydrogen-bond donors (Lipinski definition) is 1. The molecule has 0 bridgehead atoms. The highest BCUT2D eigenvalue weighted by atomic mass is 28.4. The lowest BCUT2D eigenvalue weighted by Gasteiger charge is -2.39. The second-order valence-corrected chi connectivity index (χ2v) is 19.5. The molecular formula is C35H52O4Si. The molecule has 1 aromatic carbocycles. The highest BCUT2D eigenvalue weighted by molar-refractivity contribution is 6.74. The van der Waals surface area contributed by atoms with Gasteiger partial charge in [-0.05, 0) is 104 Å². The Hall–Kier alpha value is -1.69. The van der Waals surface area contributed by atoms with E-state index in [4.69, 9.17) is 9.16 Å². The van der Waals surface area contributed by atoms with E-state index in [-0.39, 0.29) is 34.9 Å². The fraction of sp³-hybridized carbons (Fsp3) is 0.686. The summed E-state index contributed by atoms with van der Waals surface area (Å²) in [5.41, 5.74) is 0.861. The molecule has 5 rings (SSSR count). The maximum atomic E-state index is 13.4. The van der Waals surface area contributed by atoms with Crippen LogP contribution in [0, 0.1) is 35.5 Å². The molecule has 1 N–H and O–H groups in total. The van der Waals surface area contributed by atoms with E-state index in [1.807, 2.05) is 18.2 Å². The van der Waals surface area contributed by atoms with Crippen LogP contribution in [-0.4, -0.2) is 31.6 Å². The highest BCUT2D eigenvalue weighted by Crippen LogP contribution is 2.61. The molecule has 5 heteroatoms. The van der Waals surface area contributed by atoms with Gasteiger partial charge in [-0.3, -0.25) is 4.79 Å². The molecule has 4 nitrogen and oxygen atoms in total. The monoisotopic (exact) mass is 564 g/mol. The smallest absolute Gasteiger partial charge is 0.306 e. The molecule has 1 aliphatic heterocycles. The highest BCUT2D eigenvalue weighted by Gasteiger charge is 2.58. The predicted molar refractivity (Wildman–Crippen MR) is 164 cm³/mol. The van der Waals surface area contributed by atoms with E-state index in [0.29, 0.717) is 30.3 Å². The number of allylic oxidation sites excluding steroid dienone is 3. The minimum Gasteiger partial charge on any atom is -0.462 e. The Morgan fingerprint density at radius 1 is 1.05 bits per heavy atom. The molecule has 0 saturated heterocycles. The van der Waals surface area contributed by atoms with Gasteiger partial charge in [-0.25, -0.2) is 0 Å². The standard InChI is InChI=1S/C35H52O4Si/c1-8-26-16-12-13-23(2)35(37,25-14-10-9-11-15-25)32-21-30-28(31(32)22-33(36)38-26)18-17-24-19-27(20-29(24)30)39-40(6,7)34(3,4)5/h9-11,13-15,17-18,24,26-32,37H,8,12,16,19-22H2,1-7H3/b23-13+/t24-,26-,27-,28-,29-,30-,31-,32-,35+/m1/s1. The van der Waals surface area contributed by atoms with Crippen molar-refractivity contribution in [3.8, 4) is 0 Å². The number of cyclic esters (lactones) is 1. The fourth-order valence-electron chi connectivity index (χ4n) is 8.28. The van der Waals surface area contributed by atoms with Crippen LogP contribution in [0.2, 0.25) is 18.1 Å². The number of benzene rings is 1. The van der Waals surface area contributed by atoms with Crippen LogP contribution in [0.1, 0.15) is 85.1 Å². The summed E-state index contributed by atoms with van der Waals surface area (Å²) in [4.78, 5) is 13.4. The van der Waals surface area contributed by atoms with E-state index in [1.54, 1.807) is 0 Å². The first-order valence-corrected chi connectivity index (χ1v) is 18.8. The van der Waals surface area contributed by atoms with Gasteiger partial charge in [0.05, 0.1) is 0 Å². The van der Waals surface area contributed by atoms with E-state index >= 15 is 0 Å². The van der Waals surface area contributed by atoms with Crippen LogP contribution in [0.3, 0.4) is 0 Å². The van der Waals surface area contributed by atoms with Gasteiger partial charge in [0.25, 0.3) is 0 Å². The average Bonchev–Trinajstić information content (AvgIpc) is 3.47. The van der Waals surface area contributed by atoms with Gasteiger partial charge in [0.15, 0.2) is 8.32 Å². The first-order valence-electron chi connectivity index (χ1n) is 15.9. The number of hydrogen-bond acceptors (Lipinski definition) is 4. The second kappa shape index (κ2) is 11.2. The average molecular weight is 565 g/mol. The molecule has 0 radical (unpaired) electrons. The summed E-state index contributed by atoms with van der Waals surface area (Å²) in [7, 11) is -1.86. The van der Waals surface area contributed by atoms with Crippen LogP contribution in [0.25, 0.3) is 0 Å². The summed E-state index contributed by atoms with van der Waals surface area (Å²) in [6.07, 6.45) is 13.2. The van der Waals surface area contributed by atoms with Crippen molar-refractivity contribution in [2.45, 2.75) is 116 Å². The molecule has 2 fully saturated rings. The Kier molecular flexibility index (Phi) is 8.33. The summed E-state index contributed by atoms with van der Waals surface area (Å²) >= 11 is 0. The third kappa shape index (κ3) is 5.43. The van der Waals surface area contributed by atoms with Crippen molar-refractivity contribution in [3.05, 3.63) is 59.7 Å². The van der Waals surface area contributed by atoms with Crippen LogP contribution < -0.4 is 0 Å². The Morgan fingerprint density at radius 2 is 1.77 bits per heavy atom. The number of carbonyl (C=O) groups excluding carboxylic acids is 1. The van der Waals surface area contributed by atoms with Crippen molar-refractivity contribution in [2.24, 2.45) is 35.5 Å². The Labute approximate surface area is 243 Å². The summed E-state index contributed by atoms with van der Waals surface area (Å²) in [6, 6.07) is 10.2. The molecule has 1 aromatic rings. The van der Waals surface area contributed by atoms with Crippen LogP contribution in [-0.2, 0) is 19.6 Å². The molecule has 40 heavy (non-hydrogen) atoms. The maximum Gasteiger partial charge on any atom is 0.306 e. The van der Waals surface area contributed by atoms with Crippen molar-refractivity contribution in [1.82, 2.24) is 0 Å². The normalized spacial score (nSPS) is 39.8. The van der Waals surface area contributed by atoms with Crippen molar-refractivity contribution in [3.63, 3.8) is 0 Å². The lowest BCUT2D eigenvalue weighted by atomic mass is 9.69. The minimum absolute atomic E-state index is 0.0409. The molecule has 0 spiro atoms. The van der Waals surface area contributed by atoms with Crippen molar-refractivity contribution in [2.75, 3.05) is 0 Å². The summed E-state index contributed by atoms with van der Waals surface area (Å²) < 4.78 is 13.0. The minimum atomic E-state index is -1.86. The second-order valence-electron chi connectivity index (χ2n) is 14.8. The van der Waals surface area contributed by atoms with Crippen molar-refractivity contribution in [1.29, 1.82) is 0 Å². The quantitative estimate of drug-likeness (QED) is 0.228. The topological polar surface area (TPSA) is 55.8 Å². The van der Waals surface area contributed by atoms with Gasteiger partial charge in [0.1, 0.15) is 11.7 Å². The molecular weight excluding hydrogens is 512 g/mol. The summed E-state index contributed by atoms with van der Waals surface area (Å²) in [6.45, 7) is 15.9. The molecule has 3 aliphatic carbocycles. The van der Waals surface area contributed by atoms with Gasteiger partial charge in [-0.1, -0.05) is 76.3 Å². The van der Waals surface area contributed by atoms with E-state index < -0.39 is 13.9 Å². The van der Waals surface area contributed by atoms with Crippen LogP contribution >= 0.6 is 0 Å². The Morgan fingerprint density at radius 3 is 2.45 bits per heavy atom. The molecule has 4 aliphatic rings. The molecule has 2 saturated carbocycles. The van der Waals surface area contributed by atoms with E-state index in [2.05, 4.69) is 78.1 Å². The largest absolute Gasteiger partial charge is 0.462 e. The van der Waals surface area contributed by atoms with E-state index in [0.717, 1.165) is 49.7 Å². The number of esters is 1. The van der Waals surface area contributed by atoms with E-state index in [9.17, 15) is 9.90 Å². The van der Waals surface area contributed by atoms with Crippen molar-refractivity contribution < 1.29 is 19.1 Å². The Bertz CT molecular complexity index is 1120. The fourth-order valence-corrected chi connectivity index (χ4v) is 9.66. The van der Waals surface area contributed by atoms with Crippen molar-refractivity contribution >= 4 is 14.3 Å². The summed E-state index contributed by atoms with van der Waals surface area (Å²) in [5, 5.41) is 13.0. The van der Waals surface area contributed by atoms with Gasteiger partial charge >= 0.3 is 5.97 Å². The Balaban J connectivity index is 1.50. The zero-order valence-electron chi connectivity index (χ0n) is 25.9. The van der Waals surface area contributed by atoms with Crippen LogP contribution in [0.15, 0.2) is 54.1 Å². The van der Waals surface area contributed by atoms with Gasteiger partial charge in [0.2, 0.25) is 0 Å². The first-order chi connectivity index (χ1) is 18.8. The third-order valence-electron chi connectivity index (χ3n) is 11.5. The van der Waals surface area contributed by atoms with Gasteiger partial charge < -0.3 is 14.3 Å². The SMILES string of the molecule is CC[C@@H]1CC/C=C(\C)[C@](O)(c2ccccc2)[C@@H]2C[C@@H]3[C@@H](C=C[C@@H]4C[C@@H](O[Si](C)(C)C(C)(C)C)C[C@@H]34)[C@H]2CC(=O)O1. The zero-order chi connectivity index (χ0) is 28.9. The molecule has 1 heterocycles. The number of rotatable bonds is 4. The predicted octanol–water partition coefficient (Wildman–Crippen LogP) is 8.18. The zero-order valence-corrected chi connectivity index (χ0v) is 26.9. The lowest BCUT2D eigenvalue weighted by molar-refractivity contribution is -0.152. The summed E-state index contributed by atoms with van der Waals surface area (Å²) in [5.74, 6) is 1.67. The molecule has 0 amide bonds. The lowest BCUT2D eigenvalue weighted by Crippen LogP contribution is -2.43. The molecule has 9 atom stereocenters. The first kappa shape index (κ1) is 29.8. The van der Waals surface area contributed by atoms with Gasteiger partial charge in [-0.15, -0.1) is 0 Å². The number of ether oxygens (including phenoxy) is 1. The number of carbonyl (C=O) groups is 1. The van der Waals surface area contributed by atoms with Crippen LogP contribution in [0.4, 0.5) is 0 Å². The van der Waals surface area contributed by atoms with Gasteiger partial charge in [0, 0.05) is 18.4 Å². The molecule has 220 valence electrons. The number of fused-ring (bicyclic) bond motifs is 5. The van der Waals surface area contributed by atoms with Crippen LogP contribution in [0.5, 0.6) is 0 Å². The third-order valence-corrected chi connectivity index (χ3v) is 16.0. The maximum absolute atomic E-state index is 13.4. The van der Waals surface area contributed by atoms with E-state index in [1.165, 1.54) is 0 Å². The number of aliphatic hydroxyl groups is 1.